The van der Waals surface area contributed by atoms with Gasteiger partial charge in [0, 0.05) is 50.3 Å². The molecule has 2 aliphatic heterocycles. The second kappa shape index (κ2) is 8.29. The highest BCUT2D eigenvalue weighted by molar-refractivity contribution is 7.99. The van der Waals surface area contributed by atoms with Crippen molar-refractivity contribution in [2.24, 2.45) is 11.8 Å². The molecule has 4 atom stereocenters. The number of halogens is 2. The molecule has 27 heavy (non-hydrogen) atoms. The van der Waals surface area contributed by atoms with Crippen molar-refractivity contribution in [1.82, 2.24) is 9.80 Å². The normalized spacial score (nSPS) is 28.1. The fraction of sp³-hybridized carbons (Fsp3) is 0.778. The number of nitrogens with zero attached hydrogens (tertiary/aromatic N) is 2. The summed E-state index contributed by atoms with van der Waals surface area (Å²) in [5.74, 6) is -0.290. The summed E-state index contributed by atoms with van der Waals surface area (Å²) in [6.45, 7) is 3.72. The minimum atomic E-state index is -0.636. The molecule has 0 spiro atoms. The van der Waals surface area contributed by atoms with Gasteiger partial charge in [0.1, 0.15) is 0 Å². The van der Waals surface area contributed by atoms with Crippen LogP contribution in [0.3, 0.4) is 0 Å². The summed E-state index contributed by atoms with van der Waals surface area (Å²) in [6, 6.07) is 0. The number of amides is 4. The lowest BCUT2D eigenvalue weighted by Crippen LogP contribution is -2.32. The molecule has 6 nitrogen and oxygen atoms in total. The van der Waals surface area contributed by atoms with E-state index in [0.29, 0.717) is 24.3 Å². The van der Waals surface area contributed by atoms with Gasteiger partial charge in [0.2, 0.25) is 23.6 Å². The van der Waals surface area contributed by atoms with Gasteiger partial charge in [-0.05, 0) is 26.7 Å². The molecule has 2 saturated heterocycles. The van der Waals surface area contributed by atoms with Gasteiger partial charge in [0.05, 0.1) is 9.75 Å². The van der Waals surface area contributed by atoms with E-state index < -0.39 is 9.75 Å². The van der Waals surface area contributed by atoms with E-state index in [9.17, 15) is 19.2 Å². The Morgan fingerprint density at radius 1 is 0.852 bits per heavy atom. The number of likely N-dealkylation sites (tertiary alicyclic amines) is 2. The predicted molar refractivity (Wildman–Crippen MR) is 107 cm³/mol. The van der Waals surface area contributed by atoms with Crippen LogP contribution in [-0.4, -0.2) is 68.8 Å². The lowest BCUT2D eigenvalue weighted by Gasteiger charge is -2.28. The minimum Gasteiger partial charge on any atom is -0.285 e. The van der Waals surface area contributed by atoms with Gasteiger partial charge >= 0.3 is 0 Å². The van der Waals surface area contributed by atoms with E-state index in [4.69, 9.17) is 23.2 Å². The third-order valence-electron chi connectivity index (χ3n) is 5.10. The highest BCUT2D eigenvalue weighted by Gasteiger charge is 2.42. The summed E-state index contributed by atoms with van der Waals surface area (Å²) in [6.07, 6.45) is 1.27. The first kappa shape index (κ1) is 22.5. The van der Waals surface area contributed by atoms with E-state index in [-0.39, 0.29) is 48.3 Å². The maximum absolute atomic E-state index is 12.1. The fourth-order valence-electron chi connectivity index (χ4n) is 3.60. The van der Waals surface area contributed by atoms with E-state index in [0.717, 1.165) is 9.80 Å². The van der Waals surface area contributed by atoms with Gasteiger partial charge in [-0.3, -0.25) is 29.0 Å². The molecule has 9 heteroatoms. The third-order valence-corrected chi connectivity index (χ3v) is 7.68. The van der Waals surface area contributed by atoms with Gasteiger partial charge in [-0.15, -0.1) is 23.2 Å². The minimum absolute atomic E-state index is 0.167. The van der Waals surface area contributed by atoms with Crippen LogP contribution in [-0.2, 0) is 19.2 Å². The Hall–Kier alpha value is -0.790. The average Bonchev–Trinajstić information content (AvgIpc) is 2.91. The molecule has 0 aromatic carbocycles. The number of imide groups is 2. The number of hydrogen-bond acceptors (Lipinski definition) is 5. The monoisotopic (exact) mass is 436 g/mol. The smallest absolute Gasteiger partial charge is 0.232 e. The van der Waals surface area contributed by atoms with Crippen LogP contribution >= 0.6 is 35.0 Å². The summed E-state index contributed by atoms with van der Waals surface area (Å²) in [7, 11) is 2.99. The number of carbonyl (C=O) groups is 4. The van der Waals surface area contributed by atoms with Crippen LogP contribution in [0.1, 0.15) is 39.5 Å². The molecule has 2 rings (SSSR count). The lowest BCUT2D eigenvalue weighted by atomic mass is 9.95. The summed E-state index contributed by atoms with van der Waals surface area (Å²) < 4.78 is 0. The van der Waals surface area contributed by atoms with Crippen molar-refractivity contribution >= 4 is 58.6 Å². The molecule has 2 heterocycles. The van der Waals surface area contributed by atoms with E-state index in [1.807, 2.05) is 13.8 Å². The molecule has 0 aromatic rings. The van der Waals surface area contributed by atoms with E-state index >= 15 is 0 Å². The first-order valence-electron chi connectivity index (χ1n) is 8.89. The predicted octanol–water partition coefficient (Wildman–Crippen LogP) is 2.50. The third kappa shape index (κ3) is 5.61. The zero-order valence-electron chi connectivity index (χ0n) is 16.1. The molecular weight excluding hydrogens is 411 g/mol. The largest absolute Gasteiger partial charge is 0.285 e. The molecule has 0 bridgehead atoms. The van der Waals surface area contributed by atoms with Crippen molar-refractivity contribution in [3.63, 3.8) is 0 Å². The molecule has 0 radical (unpaired) electrons. The maximum Gasteiger partial charge on any atom is 0.232 e. The van der Waals surface area contributed by atoms with Crippen LogP contribution in [0.4, 0.5) is 0 Å². The molecular formula is C18H26Cl2N2O4S. The van der Waals surface area contributed by atoms with Gasteiger partial charge in [-0.25, -0.2) is 0 Å². The summed E-state index contributed by atoms with van der Waals surface area (Å²) in [5, 5.41) is 0. The lowest BCUT2D eigenvalue weighted by molar-refractivity contribution is -0.139. The highest BCUT2D eigenvalue weighted by Crippen LogP contribution is 2.37. The van der Waals surface area contributed by atoms with Crippen LogP contribution in [0, 0.1) is 11.8 Å². The second-order valence-corrected chi connectivity index (χ2v) is 10.9. The van der Waals surface area contributed by atoms with E-state index in [2.05, 4.69) is 0 Å². The van der Waals surface area contributed by atoms with Gasteiger partial charge in [0.25, 0.3) is 0 Å². The maximum atomic E-state index is 12.1. The van der Waals surface area contributed by atoms with Crippen molar-refractivity contribution in [3.8, 4) is 0 Å². The topological polar surface area (TPSA) is 74.8 Å². The average molecular weight is 437 g/mol. The summed E-state index contributed by atoms with van der Waals surface area (Å²) >= 11 is 14.7. The van der Waals surface area contributed by atoms with Gasteiger partial charge < -0.3 is 0 Å². The van der Waals surface area contributed by atoms with E-state index in [1.54, 1.807) is 11.8 Å². The first-order valence-corrected chi connectivity index (χ1v) is 10.8. The zero-order valence-corrected chi connectivity index (χ0v) is 18.4. The Balaban J connectivity index is 1.81. The fourth-order valence-corrected chi connectivity index (χ4v) is 5.63. The van der Waals surface area contributed by atoms with Crippen molar-refractivity contribution in [2.75, 3.05) is 25.6 Å². The SMILES string of the molecule is CN1C(=O)CC(CC(C)(Cl)CSCC(C)(Cl)CC2CC(=O)N(C)C2=O)C1=O. The van der Waals surface area contributed by atoms with Crippen molar-refractivity contribution in [1.29, 1.82) is 0 Å². The van der Waals surface area contributed by atoms with Crippen LogP contribution in [0.5, 0.6) is 0 Å². The molecule has 4 amide bonds. The van der Waals surface area contributed by atoms with Crippen molar-refractivity contribution in [3.05, 3.63) is 0 Å². The summed E-state index contributed by atoms with van der Waals surface area (Å²) in [5.41, 5.74) is 0. The van der Waals surface area contributed by atoms with Gasteiger partial charge in [0.15, 0.2) is 0 Å². The summed E-state index contributed by atoms with van der Waals surface area (Å²) in [4.78, 5) is 48.5. The van der Waals surface area contributed by atoms with Gasteiger partial charge in [-0.1, -0.05) is 0 Å². The van der Waals surface area contributed by atoms with Crippen LogP contribution in [0.2, 0.25) is 0 Å². The van der Waals surface area contributed by atoms with Crippen molar-refractivity contribution in [2.45, 2.75) is 49.3 Å². The van der Waals surface area contributed by atoms with Crippen molar-refractivity contribution < 1.29 is 19.2 Å². The number of thioether (sulfide) groups is 1. The molecule has 0 saturated carbocycles. The molecule has 0 aliphatic carbocycles. The Labute approximate surface area is 174 Å². The molecule has 2 aliphatic rings. The number of rotatable bonds is 8. The Kier molecular flexibility index (Phi) is 6.91. The molecule has 152 valence electrons. The highest BCUT2D eigenvalue weighted by atomic mass is 35.5. The second-order valence-electron chi connectivity index (χ2n) is 8.11. The molecule has 0 N–H and O–H groups in total. The Morgan fingerprint density at radius 3 is 1.44 bits per heavy atom. The molecule has 0 aromatic heterocycles. The standard InChI is InChI=1S/C18H26Cl2N2O4S/c1-17(19,7-11-5-13(23)21(3)15(11)25)9-27-10-18(2,20)8-12-6-14(24)22(4)16(12)26/h11-12H,5-10H2,1-4H3. The molecule has 4 unspecified atom stereocenters. The zero-order chi connectivity index (χ0) is 20.6. The van der Waals surface area contributed by atoms with Crippen LogP contribution in [0.15, 0.2) is 0 Å². The quantitative estimate of drug-likeness (QED) is 0.431. The van der Waals surface area contributed by atoms with E-state index in [1.165, 1.54) is 14.1 Å². The Bertz CT molecular complexity index is 599. The first-order chi connectivity index (χ1) is 12.3. The number of alkyl halides is 2. The Morgan fingerprint density at radius 2 is 1.19 bits per heavy atom. The van der Waals surface area contributed by atoms with Crippen LogP contribution < -0.4 is 0 Å². The van der Waals surface area contributed by atoms with Gasteiger partial charge in [-0.2, -0.15) is 11.8 Å². The number of hydrogen-bond donors (Lipinski definition) is 0. The number of carbonyl (C=O) groups excluding carboxylic acids is 4. The van der Waals surface area contributed by atoms with Crippen LogP contribution in [0.25, 0.3) is 0 Å². The molecule has 2 fully saturated rings.